The number of rotatable bonds is 3. The topological polar surface area (TPSA) is 60.9 Å². The van der Waals surface area contributed by atoms with Gasteiger partial charge in [-0.1, -0.05) is 0 Å². The van der Waals surface area contributed by atoms with Gasteiger partial charge in [-0.2, -0.15) is 18.3 Å². The van der Waals surface area contributed by atoms with Crippen molar-refractivity contribution >= 4 is 6.29 Å². The fourth-order valence-corrected chi connectivity index (χ4v) is 1.22. The van der Waals surface area contributed by atoms with Crippen molar-refractivity contribution in [3.8, 4) is 11.5 Å². The molecular weight excluding hydrogens is 239 g/mol. The van der Waals surface area contributed by atoms with E-state index in [1.807, 2.05) is 0 Å². The average Bonchev–Trinajstić information content (AvgIpc) is 2.82. The molecule has 90 valence electrons. The van der Waals surface area contributed by atoms with Crippen LogP contribution in [0.2, 0.25) is 0 Å². The van der Waals surface area contributed by atoms with E-state index >= 15 is 0 Å². The van der Waals surface area contributed by atoms with Crippen LogP contribution in [-0.2, 0) is 6.54 Å². The number of halogens is 3. The van der Waals surface area contributed by atoms with Crippen LogP contribution in [0.1, 0.15) is 10.6 Å². The van der Waals surface area contributed by atoms with E-state index < -0.39 is 12.7 Å². The molecule has 2 rings (SSSR count). The first-order chi connectivity index (χ1) is 7.98. The monoisotopic (exact) mass is 245 g/mol. The highest BCUT2D eigenvalue weighted by Gasteiger charge is 2.28. The number of hydrogen-bond donors (Lipinski definition) is 0. The molecule has 0 bridgehead atoms. The summed E-state index contributed by atoms with van der Waals surface area (Å²) in [5, 5.41) is 3.52. The van der Waals surface area contributed by atoms with Gasteiger partial charge in [-0.15, -0.1) is 0 Å². The van der Waals surface area contributed by atoms with Gasteiger partial charge in [0.15, 0.2) is 12.0 Å². The number of carbonyl (C=O) groups excluding carboxylic acids is 1. The number of aromatic nitrogens is 3. The highest BCUT2D eigenvalue weighted by atomic mass is 19.4. The highest BCUT2D eigenvalue weighted by Crippen LogP contribution is 2.21. The minimum atomic E-state index is -4.34. The van der Waals surface area contributed by atoms with Gasteiger partial charge in [-0.05, 0) is 0 Å². The maximum Gasteiger partial charge on any atom is 0.408 e. The van der Waals surface area contributed by atoms with Crippen LogP contribution in [0.4, 0.5) is 13.2 Å². The van der Waals surface area contributed by atoms with E-state index in [-0.39, 0.29) is 17.2 Å². The molecule has 0 aromatic carbocycles. The van der Waals surface area contributed by atoms with Crippen LogP contribution in [0.25, 0.3) is 11.5 Å². The third-order valence-corrected chi connectivity index (χ3v) is 1.86. The normalized spacial score (nSPS) is 11.7. The summed E-state index contributed by atoms with van der Waals surface area (Å²) < 4.78 is 41.9. The van der Waals surface area contributed by atoms with Gasteiger partial charge in [0.05, 0.1) is 18.0 Å². The number of alkyl halides is 3. The number of carbonyl (C=O) groups is 1. The van der Waals surface area contributed by atoms with E-state index in [9.17, 15) is 18.0 Å². The molecule has 2 aromatic rings. The van der Waals surface area contributed by atoms with Crippen LogP contribution in [0.3, 0.4) is 0 Å². The predicted octanol–water partition coefficient (Wildman–Crippen LogP) is 1.91. The molecule has 2 heterocycles. The summed E-state index contributed by atoms with van der Waals surface area (Å²) in [7, 11) is 0. The van der Waals surface area contributed by atoms with E-state index in [1.54, 1.807) is 0 Å². The Morgan fingerprint density at radius 3 is 2.76 bits per heavy atom. The van der Waals surface area contributed by atoms with Crippen LogP contribution in [0, 0.1) is 0 Å². The van der Waals surface area contributed by atoms with Gasteiger partial charge in [0, 0.05) is 6.20 Å². The second kappa shape index (κ2) is 4.04. The second-order valence-corrected chi connectivity index (χ2v) is 3.23. The Morgan fingerprint density at radius 2 is 2.18 bits per heavy atom. The zero-order valence-corrected chi connectivity index (χ0v) is 8.31. The van der Waals surface area contributed by atoms with E-state index in [2.05, 4.69) is 10.1 Å². The van der Waals surface area contributed by atoms with Crippen LogP contribution >= 0.6 is 0 Å². The number of aldehydes is 1. The van der Waals surface area contributed by atoms with Crippen molar-refractivity contribution in [3.63, 3.8) is 0 Å². The predicted molar refractivity (Wildman–Crippen MR) is 49.2 cm³/mol. The first-order valence-corrected chi connectivity index (χ1v) is 4.48. The lowest BCUT2D eigenvalue weighted by Crippen LogP contribution is -2.17. The summed E-state index contributed by atoms with van der Waals surface area (Å²) in [5.41, 5.74) is 0.280. The molecule has 17 heavy (non-hydrogen) atoms. The van der Waals surface area contributed by atoms with Gasteiger partial charge in [0.2, 0.25) is 5.89 Å². The van der Waals surface area contributed by atoms with E-state index in [0.29, 0.717) is 6.29 Å². The maximum absolute atomic E-state index is 12.1. The maximum atomic E-state index is 12.1. The lowest BCUT2D eigenvalue weighted by atomic mass is 10.4. The Kier molecular flexibility index (Phi) is 2.70. The van der Waals surface area contributed by atoms with Crippen molar-refractivity contribution in [1.29, 1.82) is 0 Å². The second-order valence-electron chi connectivity index (χ2n) is 3.23. The molecule has 8 heteroatoms. The van der Waals surface area contributed by atoms with E-state index in [0.717, 1.165) is 10.9 Å². The Balaban J connectivity index is 2.20. The minimum absolute atomic E-state index is 0.00331. The molecule has 5 nitrogen and oxygen atoms in total. The molecule has 0 spiro atoms. The molecule has 0 unspecified atom stereocenters. The van der Waals surface area contributed by atoms with Crippen molar-refractivity contribution in [2.75, 3.05) is 0 Å². The zero-order valence-electron chi connectivity index (χ0n) is 8.31. The van der Waals surface area contributed by atoms with Crippen LogP contribution < -0.4 is 0 Å². The molecule has 0 fully saturated rings. The zero-order chi connectivity index (χ0) is 12.5. The van der Waals surface area contributed by atoms with Crippen molar-refractivity contribution in [2.45, 2.75) is 12.7 Å². The highest BCUT2D eigenvalue weighted by molar-refractivity contribution is 5.70. The minimum Gasteiger partial charge on any atom is -0.433 e. The molecule has 0 amide bonds. The quantitative estimate of drug-likeness (QED) is 0.775. The summed E-state index contributed by atoms with van der Waals surface area (Å²) in [6.07, 6.45) is -0.367. The Morgan fingerprint density at radius 1 is 1.41 bits per heavy atom. The summed E-state index contributed by atoms with van der Waals surface area (Å²) >= 11 is 0. The molecular formula is C9H6F3N3O2. The summed E-state index contributed by atoms with van der Waals surface area (Å²) in [6, 6.07) is 0. The van der Waals surface area contributed by atoms with Crippen molar-refractivity contribution < 1.29 is 22.4 Å². The molecule has 0 atom stereocenters. The van der Waals surface area contributed by atoms with Crippen LogP contribution in [-0.4, -0.2) is 27.2 Å². The van der Waals surface area contributed by atoms with Gasteiger partial charge in [0.1, 0.15) is 6.54 Å². The third kappa shape index (κ3) is 2.71. The molecule has 0 N–H and O–H groups in total. The third-order valence-electron chi connectivity index (χ3n) is 1.86. The van der Waals surface area contributed by atoms with Crippen molar-refractivity contribution in [1.82, 2.24) is 14.8 Å². The number of nitrogens with zero attached hydrogens (tertiary/aromatic N) is 3. The summed E-state index contributed by atoms with van der Waals surface area (Å²) in [4.78, 5) is 14.1. The summed E-state index contributed by atoms with van der Waals surface area (Å²) in [5.74, 6) is 0.0593. The van der Waals surface area contributed by atoms with Gasteiger partial charge >= 0.3 is 6.18 Å². The fraction of sp³-hybridized carbons (Fsp3) is 0.222. The lowest BCUT2D eigenvalue weighted by Gasteiger charge is -2.04. The first-order valence-electron chi connectivity index (χ1n) is 4.48. The number of hydrogen-bond acceptors (Lipinski definition) is 4. The largest absolute Gasteiger partial charge is 0.433 e. The standard InChI is InChI=1S/C9H6F3N3O2/c10-9(11,12)5-15-3-6(1-14-15)8-13-2-7(4-16)17-8/h1-4H,5H2. The average molecular weight is 245 g/mol. The fourth-order valence-electron chi connectivity index (χ4n) is 1.22. The molecule has 0 aliphatic rings. The number of oxazole rings is 1. The molecule has 0 saturated carbocycles. The SMILES string of the molecule is O=Cc1cnc(-c2cnn(CC(F)(F)F)c2)o1. The van der Waals surface area contributed by atoms with Gasteiger partial charge in [0.25, 0.3) is 0 Å². The smallest absolute Gasteiger partial charge is 0.408 e. The Hall–Kier alpha value is -2.12. The van der Waals surface area contributed by atoms with E-state index in [4.69, 9.17) is 4.42 Å². The van der Waals surface area contributed by atoms with Gasteiger partial charge in [-0.25, -0.2) is 4.98 Å². The Labute approximate surface area is 92.9 Å². The van der Waals surface area contributed by atoms with Crippen LogP contribution in [0.15, 0.2) is 23.0 Å². The first kappa shape index (κ1) is 11.4. The molecule has 0 aliphatic carbocycles. The molecule has 0 aliphatic heterocycles. The van der Waals surface area contributed by atoms with Crippen molar-refractivity contribution in [2.24, 2.45) is 0 Å². The molecule has 0 saturated heterocycles. The van der Waals surface area contributed by atoms with Gasteiger partial charge in [-0.3, -0.25) is 9.48 Å². The van der Waals surface area contributed by atoms with Crippen molar-refractivity contribution in [3.05, 3.63) is 24.4 Å². The van der Waals surface area contributed by atoms with Gasteiger partial charge < -0.3 is 4.42 Å². The molecule has 2 aromatic heterocycles. The lowest BCUT2D eigenvalue weighted by molar-refractivity contribution is -0.142. The summed E-state index contributed by atoms with van der Waals surface area (Å²) in [6.45, 7) is -1.19. The Bertz CT molecular complexity index is 530. The van der Waals surface area contributed by atoms with Crippen LogP contribution in [0.5, 0.6) is 0 Å². The van der Waals surface area contributed by atoms with E-state index in [1.165, 1.54) is 12.4 Å². The molecule has 0 radical (unpaired) electrons.